The quantitative estimate of drug-likeness (QED) is 0.831. The molecule has 0 aromatic carbocycles. The van der Waals surface area contributed by atoms with Crippen molar-refractivity contribution in [3.8, 4) is 0 Å². The van der Waals surface area contributed by atoms with Gasteiger partial charge in [0.25, 0.3) is 0 Å². The highest BCUT2D eigenvalue weighted by atomic mass is 15.2. The van der Waals surface area contributed by atoms with E-state index in [1.165, 1.54) is 12.8 Å². The van der Waals surface area contributed by atoms with Crippen molar-refractivity contribution in [2.75, 3.05) is 18.0 Å². The molecular weight excluding hydrogens is 248 g/mol. The molecular formula is C16H28N4. The lowest BCUT2D eigenvalue weighted by molar-refractivity contribution is 0.423. The van der Waals surface area contributed by atoms with Crippen LogP contribution in [0.5, 0.6) is 0 Å². The number of rotatable bonds is 7. The smallest absolute Gasteiger partial charge is 0.225 e. The molecule has 0 spiro atoms. The zero-order chi connectivity index (χ0) is 14.6. The first kappa shape index (κ1) is 15.2. The largest absolute Gasteiger partial charge is 0.341 e. The van der Waals surface area contributed by atoms with Gasteiger partial charge in [0.15, 0.2) is 0 Å². The van der Waals surface area contributed by atoms with Crippen LogP contribution in [0.25, 0.3) is 0 Å². The third-order valence-corrected chi connectivity index (χ3v) is 3.47. The third kappa shape index (κ3) is 5.08. The zero-order valence-electron chi connectivity index (χ0n) is 13.3. The minimum Gasteiger partial charge on any atom is -0.341 e. The molecule has 1 aromatic heterocycles. The van der Waals surface area contributed by atoms with Crippen LogP contribution in [-0.2, 0) is 6.54 Å². The third-order valence-electron chi connectivity index (χ3n) is 3.47. The maximum Gasteiger partial charge on any atom is 0.225 e. The predicted molar refractivity (Wildman–Crippen MR) is 83.9 cm³/mol. The summed E-state index contributed by atoms with van der Waals surface area (Å²) in [7, 11) is 0. The highest BCUT2D eigenvalue weighted by Gasteiger charge is 2.25. The van der Waals surface area contributed by atoms with Crippen LogP contribution in [0.3, 0.4) is 0 Å². The average molecular weight is 276 g/mol. The second-order valence-electron chi connectivity index (χ2n) is 6.88. The lowest BCUT2D eigenvalue weighted by Gasteiger charge is -2.23. The first-order valence-electron chi connectivity index (χ1n) is 7.79. The number of anilines is 1. The Morgan fingerprint density at radius 2 is 1.90 bits per heavy atom. The van der Waals surface area contributed by atoms with E-state index in [9.17, 15) is 0 Å². The molecule has 1 aromatic rings. The summed E-state index contributed by atoms with van der Waals surface area (Å²) in [6, 6.07) is 0. The van der Waals surface area contributed by atoms with Gasteiger partial charge in [-0.2, -0.15) is 0 Å². The Kier molecular flexibility index (Phi) is 4.97. The molecule has 1 aliphatic rings. The van der Waals surface area contributed by atoms with Crippen molar-refractivity contribution >= 4 is 5.95 Å². The van der Waals surface area contributed by atoms with Gasteiger partial charge in [-0.3, -0.25) is 0 Å². The van der Waals surface area contributed by atoms with Crippen LogP contribution in [0, 0.1) is 5.92 Å². The molecule has 1 fully saturated rings. The Morgan fingerprint density at radius 3 is 2.40 bits per heavy atom. The molecule has 1 N–H and O–H groups in total. The molecule has 0 unspecified atom stereocenters. The van der Waals surface area contributed by atoms with Gasteiger partial charge in [0, 0.05) is 43.1 Å². The van der Waals surface area contributed by atoms with Crippen molar-refractivity contribution in [2.45, 2.75) is 59.0 Å². The van der Waals surface area contributed by atoms with Crippen molar-refractivity contribution in [1.29, 1.82) is 0 Å². The van der Waals surface area contributed by atoms with Crippen molar-refractivity contribution in [3.05, 3.63) is 18.0 Å². The number of hydrogen-bond acceptors (Lipinski definition) is 4. The first-order valence-corrected chi connectivity index (χ1v) is 7.79. The fraction of sp³-hybridized carbons (Fsp3) is 0.750. The van der Waals surface area contributed by atoms with Crippen LogP contribution in [0.4, 0.5) is 5.95 Å². The molecule has 0 aliphatic heterocycles. The average Bonchev–Trinajstić information content (AvgIpc) is 3.20. The molecule has 0 atom stereocenters. The van der Waals surface area contributed by atoms with E-state index in [0.717, 1.165) is 43.5 Å². The highest BCUT2D eigenvalue weighted by Crippen LogP contribution is 2.30. The standard InChI is InChI=1S/C16H28N4/c1-5-8-20(12-13-6-7-13)15-17-9-14(10-18-15)11-19-16(2,3)4/h9-10,13,19H,5-8,11-12H2,1-4H3. The normalized spacial score (nSPS) is 15.4. The van der Waals surface area contributed by atoms with Gasteiger partial charge >= 0.3 is 0 Å². The van der Waals surface area contributed by atoms with E-state index < -0.39 is 0 Å². The summed E-state index contributed by atoms with van der Waals surface area (Å²) < 4.78 is 0. The summed E-state index contributed by atoms with van der Waals surface area (Å²) in [6.07, 6.45) is 7.79. The molecule has 20 heavy (non-hydrogen) atoms. The Balaban J connectivity index is 1.94. The van der Waals surface area contributed by atoms with E-state index in [4.69, 9.17) is 0 Å². The van der Waals surface area contributed by atoms with E-state index in [1.54, 1.807) is 0 Å². The van der Waals surface area contributed by atoms with Gasteiger partial charge < -0.3 is 10.2 Å². The van der Waals surface area contributed by atoms with Crippen LogP contribution in [0.2, 0.25) is 0 Å². The lowest BCUT2D eigenvalue weighted by Crippen LogP contribution is -2.35. The fourth-order valence-electron chi connectivity index (χ4n) is 2.12. The van der Waals surface area contributed by atoms with E-state index in [1.807, 2.05) is 12.4 Å². The van der Waals surface area contributed by atoms with Gasteiger partial charge in [-0.1, -0.05) is 6.92 Å². The summed E-state index contributed by atoms with van der Waals surface area (Å²) in [4.78, 5) is 11.4. The van der Waals surface area contributed by atoms with Crippen molar-refractivity contribution < 1.29 is 0 Å². The zero-order valence-corrected chi connectivity index (χ0v) is 13.3. The summed E-state index contributed by atoms with van der Waals surface area (Å²) in [6.45, 7) is 11.7. The van der Waals surface area contributed by atoms with Gasteiger partial charge in [-0.15, -0.1) is 0 Å². The molecule has 0 bridgehead atoms. The highest BCUT2D eigenvalue weighted by molar-refractivity contribution is 5.30. The summed E-state index contributed by atoms with van der Waals surface area (Å²) in [5.74, 6) is 1.76. The monoisotopic (exact) mass is 276 g/mol. The summed E-state index contributed by atoms with van der Waals surface area (Å²) in [5.41, 5.74) is 1.27. The molecule has 112 valence electrons. The predicted octanol–water partition coefficient (Wildman–Crippen LogP) is 2.99. The van der Waals surface area contributed by atoms with Crippen LogP contribution in [0.15, 0.2) is 12.4 Å². The number of nitrogens with zero attached hydrogens (tertiary/aromatic N) is 3. The molecule has 1 aliphatic carbocycles. The van der Waals surface area contributed by atoms with E-state index >= 15 is 0 Å². The van der Waals surface area contributed by atoms with Gasteiger partial charge in [-0.05, 0) is 46.0 Å². The second-order valence-corrected chi connectivity index (χ2v) is 6.88. The van der Waals surface area contributed by atoms with Crippen molar-refractivity contribution in [3.63, 3.8) is 0 Å². The Labute approximate surface area is 123 Å². The van der Waals surface area contributed by atoms with Gasteiger partial charge in [0.2, 0.25) is 5.95 Å². The SMILES string of the molecule is CCCN(CC1CC1)c1ncc(CNC(C)(C)C)cn1. The van der Waals surface area contributed by atoms with Crippen LogP contribution >= 0.6 is 0 Å². The molecule has 4 heteroatoms. The van der Waals surface area contributed by atoms with Gasteiger partial charge in [0.05, 0.1) is 0 Å². The van der Waals surface area contributed by atoms with Crippen LogP contribution in [-0.4, -0.2) is 28.6 Å². The first-order chi connectivity index (χ1) is 9.48. The minimum absolute atomic E-state index is 0.124. The molecule has 0 saturated heterocycles. The lowest BCUT2D eigenvalue weighted by atomic mass is 10.1. The minimum atomic E-state index is 0.124. The van der Waals surface area contributed by atoms with Crippen LogP contribution in [0.1, 0.15) is 52.5 Å². The molecule has 1 heterocycles. The maximum atomic E-state index is 4.55. The second kappa shape index (κ2) is 6.53. The maximum absolute atomic E-state index is 4.55. The molecule has 0 radical (unpaired) electrons. The Morgan fingerprint density at radius 1 is 1.25 bits per heavy atom. The number of hydrogen-bond donors (Lipinski definition) is 1. The molecule has 1 saturated carbocycles. The van der Waals surface area contributed by atoms with Crippen molar-refractivity contribution in [1.82, 2.24) is 15.3 Å². The summed E-state index contributed by atoms with van der Waals surface area (Å²) in [5, 5.41) is 3.46. The Hall–Kier alpha value is -1.16. The van der Waals surface area contributed by atoms with Crippen molar-refractivity contribution in [2.24, 2.45) is 5.92 Å². The number of nitrogens with one attached hydrogen (secondary N) is 1. The molecule has 4 nitrogen and oxygen atoms in total. The van der Waals surface area contributed by atoms with E-state index in [-0.39, 0.29) is 5.54 Å². The topological polar surface area (TPSA) is 41.1 Å². The summed E-state index contributed by atoms with van der Waals surface area (Å²) >= 11 is 0. The fourth-order valence-corrected chi connectivity index (χ4v) is 2.12. The molecule has 2 rings (SSSR count). The Bertz CT molecular complexity index is 403. The van der Waals surface area contributed by atoms with Crippen LogP contribution < -0.4 is 10.2 Å². The van der Waals surface area contributed by atoms with E-state index in [0.29, 0.717) is 0 Å². The number of aromatic nitrogens is 2. The van der Waals surface area contributed by atoms with Gasteiger partial charge in [0.1, 0.15) is 0 Å². The van der Waals surface area contributed by atoms with E-state index in [2.05, 4.69) is 47.9 Å². The van der Waals surface area contributed by atoms with Gasteiger partial charge in [-0.25, -0.2) is 9.97 Å². The molecule has 0 amide bonds.